The standard InChI is InChI=1S/C25H19F4N3O2/c1-30-24(34)21-12-19-18(9-10-20(26)22(19)32-21)15-5-7-16(8-6-15)23(33)31-13-14-3-2-4-17(11-14)25(27,28)29/h2-12,32H,13H2,1H3,(H,30,34)(H,31,33). The van der Waals surface area contributed by atoms with Gasteiger partial charge in [-0.15, -0.1) is 0 Å². The molecule has 4 aromatic rings. The van der Waals surface area contributed by atoms with E-state index in [0.29, 0.717) is 27.6 Å². The quantitative estimate of drug-likeness (QED) is 0.348. The normalized spacial score (nSPS) is 11.4. The van der Waals surface area contributed by atoms with Gasteiger partial charge in [0.1, 0.15) is 11.5 Å². The Balaban J connectivity index is 1.53. The number of hydrogen-bond acceptors (Lipinski definition) is 2. The number of aromatic nitrogens is 1. The Morgan fingerprint density at radius 3 is 2.35 bits per heavy atom. The van der Waals surface area contributed by atoms with Crippen LogP contribution in [0.2, 0.25) is 0 Å². The maximum Gasteiger partial charge on any atom is 0.416 e. The number of carbonyl (C=O) groups excluding carboxylic acids is 2. The molecule has 0 aliphatic carbocycles. The van der Waals surface area contributed by atoms with E-state index in [4.69, 9.17) is 0 Å². The van der Waals surface area contributed by atoms with Crippen molar-refractivity contribution in [2.24, 2.45) is 0 Å². The lowest BCUT2D eigenvalue weighted by molar-refractivity contribution is -0.137. The van der Waals surface area contributed by atoms with Crippen molar-refractivity contribution in [2.75, 3.05) is 7.05 Å². The number of H-pyrrole nitrogens is 1. The van der Waals surface area contributed by atoms with Gasteiger partial charge in [-0.05, 0) is 53.1 Å². The fourth-order valence-electron chi connectivity index (χ4n) is 3.64. The van der Waals surface area contributed by atoms with Crippen molar-refractivity contribution >= 4 is 22.7 Å². The van der Waals surface area contributed by atoms with Crippen molar-refractivity contribution < 1.29 is 27.2 Å². The summed E-state index contributed by atoms with van der Waals surface area (Å²) in [6.07, 6.45) is -4.46. The number of carbonyl (C=O) groups is 2. The zero-order chi connectivity index (χ0) is 24.5. The zero-order valence-electron chi connectivity index (χ0n) is 17.9. The van der Waals surface area contributed by atoms with E-state index in [1.807, 2.05) is 0 Å². The van der Waals surface area contributed by atoms with Crippen LogP contribution in [0, 0.1) is 5.82 Å². The molecule has 174 valence electrons. The van der Waals surface area contributed by atoms with Crippen LogP contribution in [0.25, 0.3) is 22.0 Å². The van der Waals surface area contributed by atoms with Crippen molar-refractivity contribution in [3.8, 4) is 11.1 Å². The molecule has 9 heteroatoms. The van der Waals surface area contributed by atoms with Crippen LogP contribution in [0.1, 0.15) is 32.0 Å². The molecule has 5 nitrogen and oxygen atoms in total. The summed E-state index contributed by atoms with van der Waals surface area (Å²) in [5, 5.41) is 5.60. The van der Waals surface area contributed by atoms with E-state index in [1.54, 1.807) is 36.4 Å². The van der Waals surface area contributed by atoms with Crippen LogP contribution >= 0.6 is 0 Å². The average molecular weight is 469 g/mol. The third-order valence-electron chi connectivity index (χ3n) is 5.38. The minimum atomic E-state index is -4.46. The van der Waals surface area contributed by atoms with Gasteiger partial charge in [0.05, 0.1) is 11.1 Å². The van der Waals surface area contributed by atoms with Crippen molar-refractivity contribution in [3.63, 3.8) is 0 Å². The van der Waals surface area contributed by atoms with Gasteiger partial charge in [-0.3, -0.25) is 9.59 Å². The molecule has 3 N–H and O–H groups in total. The largest absolute Gasteiger partial charge is 0.416 e. The Kier molecular flexibility index (Phi) is 6.10. The second-order valence-electron chi connectivity index (χ2n) is 7.60. The summed E-state index contributed by atoms with van der Waals surface area (Å²) in [4.78, 5) is 27.2. The molecule has 0 aliphatic heterocycles. The second kappa shape index (κ2) is 9.01. The number of alkyl halides is 3. The van der Waals surface area contributed by atoms with E-state index in [0.717, 1.165) is 12.1 Å². The molecule has 1 heterocycles. The molecule has 0 fully saturated rings. The molecule has 2 amide bonds. The van der Waals surface area contributed by atoms with Crippen LogP contribution in [0.4, 0.5) is 17.6 Å². The summed E-state index contributed by atoms with van der Waals surface area (Å²) >= 11 is 0. The van der Waals surface area contributed by atoms with E-state index in [2.05, 4.69) is 15.6 Å². The summed E-state index contributed by atoms with van der Waals surface area (Å²) in [5.74, 6) is -1.33. The Bertz CT molecular complexity index is 1380. The predicted octanol–water partition coefficient (Wildman–Crippen LogP) is 5.28. The highest BCUT2D eigenvalue weighted by atomic mass is 19.4. The van der Waals surface area contributed by atoms with Crippen LogP contribution in [0.5, 0.6) is 0 Å². The number of benzene rings is 3. The Morgan fingerprint density at radius 1 is 0.941 bits per heavy atom. The molecule has 0 saturated heterocycles. The van der Waals surface area contributed by atoms with E-state index in [1.165, 1.54) is 25.2 Å². The molecule has 0 aliphatic rings. The number of nitrogens with one attached hydrogen (secondary N) is 3. The van der Waals surface area contributed by atoms with Gasteiger partial charge >= 0.3 is 6.18 Å². The van der Waals surface area contributed by atoms with Gasteiger partial charge < -0.3 is 15.6 Å². The van der Waals surface area contributed by atoms with Gasteiger partial charge in [-0.1, -0.05) is 30.3 Å². The molecule has 0 unspecified atom stereocenters. The first kappa shape index (κ1) is 23.0. The fourth-order valence-corrected chi connectivity index (χ4v) is 3.64. The fraction of sp³-hybridized carbons (Fsp3) is 0.120. The molecule has 34 heavy (non-hydrogen) atoms. The first-order valence-corrected chi connectivity index (χ1v) is 10.3. The van der Waals surface area contributed by atoms with E-state index in [-0.39, 0.29) is 23.7 Å². The summed E-state index contributed by atoms with van der Waals surface area (Å²) < 4.78 is 52.8. The molecule has 4 rings (SSSR count). The van der Waals surface area contributed by atoms with Crippen LogP contribution < -0.4 is 10.6 Å². The van der Waals surface area contributed by atoms with Gasteiger partial charge in [0, 0.05) is 24.5 Å². The van der Waals surface area contributed by atoms with Crippen LogP contribution in [-0.2, 0) is 12.7 Å². The summed E-state index contributed by atoms with van der Waals surface area (Å²) in [5.41, 5.74) is 1.63. The topological polar surface area (TPSA) is 74.0 Å². The smallest absolute Gasteiger partial charge is 0.354 e. The predicted molar refractivity (Wildman–Crippen MR) is 120 cm³/mol. The number of hydrogen-bond donors (Lipinski definition) is 3. The van der Waals surface area contributed by atoms with Gasteiger partial charge in [-0.2, -0.15) is 13.2 Å². The molecule has 1 aromatic heterocycles. The van der Waals surface area contributed by atoms with Gasteiger partial charge in [0.15, 0.2) is 0 Å². The number of rotatable bonds is 5. The lowest BCUT2D eigenvalue weighted by Crippen LogP contribution is -2.23. The summed E-state index contributed by atoms with van der Waals surface area (Å²) in [7, 11) is 1.47. The van der Waals surface area contributed by atoms with Gasteiger partial charge in [0.2, 0.25) is 0 Å². The average Bonchev–Trinajstić information content (AvgIpc) is 3.28. The van der Waals surface area contributed by atoms with E-state index < -0.39 is 23.5 Å². The van der Waals surface area contributed by atoms with Crippen LogP contribution in [-0.4, -0.2) is 23.8 Å². The Morgan fingerprint density at radius 2 is 1.68 bits per heavy atom. The molecule has 0 radical (unpaired) electrons. The second-order valence-corrected chi connectivity index (χ2v) is 7.60. The van der Waals surface area contributed by atoms with Crippen molar-refractivity contribution in [1.82, 2.24) is 15.6 Å². The highest BCUT2D eigenvalue weighted by molar-refractivity contribution is 6.03. The highest BCUT2D eigenvalue weighted by Crippen LogP contribution is 2.32. The third-order valence-corrected chi connectivity index (χ3v) is 5.38. The maximum atomic E-state index is 14.3. The maximum absolute atomic E-state index is 14.3. The number of fused-ring (bicyclic) bond motifs is 1. The molecular weight excluding hydrogens is 450 g/mol. The summed E-state index contributed by atoms with van der Waals surface area (Å²) in [6.45, 7) is -0.0608. The Labute approximate surface area is 191 Å². The first-order chi connectivity index (χ1) is 16.2. The molecule has 0 bridgehead atoms. The van der Waals surface area contributed by atoms with Gasteiger partial charge in [0.25, 0.3) is 11.8 Å². The minimum Gasteiger partial charge on any atom is -0.354 e. The van der Waals surface area contributed by atoms with Crippen molar-refractivity contribution in [3.05, 3.63) is 94.9 Å². The number of aromatic amines is 1. The van der Waals surface area contributed by atoms with Crippen LogP contribution in [0.15, 0.2) is 66.7 Å². The Hall–Kier alpha value is -4.14. The van der Waals surface area contributed by atoms with Crippen molar-refractivity contribution in [1.29, 1.82) is 0 Å². The first-order valence-electron chi connectivity index (χ1n) is 10.3. The number of halogens is 4. The molecule has 0 saturated carbocycles. The van der Waals surface area contributed by atoms with Crippen molar-refractivity contribution in [2.45, 2.75) is 12.7 Å². The zero-order valence-corrected chi connectivity index (χ0v) is 17.9. The minimum absolute atomic E-state index is 0.0608. The number of amides is 2. The molecular formula is C25H19F4N3O2. The summed E-state index contributed by atoms with van der Waals surface area (Å²) in [6, 6.07) is 15.7. The van der Waals surface area contributed by atoms with Crippen LogP contribution in [0.3, 0.4) is 0 Å². The molecule has 0 atom stereocenters. The lowest BCUT2D eigenvalue weighted by atomic mass is 10.00. The van der Waals surface area contributed by atoms with E-state index in [9.17, 15) is 27.2 Å². The van der Waals surface area contributed by atoms with E-state index >= 15 is 0 Å². The SMILES string of the molecule is CNC(=O)c1cc2c(-c3ccc(C(=O)NCc4cccc(C(F)(F)F)c4)cc3)ccc(F)c2[nH]1. The van der Waals surface area contributed by atoms with Gasteiger partial charge in [-0.25, -0.2) is 4.39 Å². The molecule has 0 spiro atoms. The monoisotopic (exact) mass is 469 g/mol. The lowest BCUT2D eigenvalue weighted by Gasteiger charge is -2.10. The highest BCUT2D eigenvalue weighted by Gasteiger charge is 2.30. The third kappa shape index (κ3) is 4.63. The molecule has 3 aromatic carbocycles.